The molecule has 0 atom stereocenters. The van der Waals surface area contributed by atoms with Gasteiger partial charge in [0, 0.05) is 11.8 Å². The van der Waals surface area contributed by atoms with Gasteiger partial charge in [-0.05, 0) is 50.8 Å². The predicted molar refractivity (Wildman–Crippen MR) is 75.1 cm³/mol. The molecular formula is C15H21NO3. The van der Waals surface area contributed by atoms with E-state index < -0.39 is 0 Å². The van der Waals surface area contributed by atoms with E-state index in [4.69, 9.17) is 4.74 Å². The van der Waals surface area contributed by atoms with Crippen LogP contribution in [-0.2, 0) is 0 Å². The minimum Gasteiger partial charge on any atom is -0.507 e. The summed E-state index contributed by atoms with van der Waals surface area (Å²) >= 11 is 0. The van der Waals surface area contributed by atoms with Crippen LogP contribution in [0.5, 0.6) is 11.5 Å². The van der Waals surface area contributed by atoms with Crippen LogP contribution >= 0.6 is 0 Å². The Morgan fingerprint density at radius 3 is 2.74 bits per heavy atom. The second kappa shape index (κ2) is 6.57. The van der Waals surface area contributed by atoms with Gasteiger partial charge in [-0.3, -0.25) is 4.99 Å². The van der Waals surface area contributed by atoms with Gasteiger partial charge in [-0.25, -0.2) is 0 Å². The molecule has 2 rings (SSSR count). The van der Waals surface area contributed by atoms with Gasteiger partial charge in [0.05, 0.1) is 18.8 Å². The number of aromatic hydroxyl groups is 1. The maximum absolute atomic E-state index is 9.79. The molecule has 1 aliphatic rings. The Hall–Kier alpha value is -1.55. The largest absolute Gasteiger partial charge is 0.507 e. The lowest BCUT2D eigenvalue weighted by Gasteiger charge is -2.22. The Bertz CT molecular complexity index is 437. The summed E-state index contributed by atoms with van der Waals surface area (Å²) in [7, 11) is 0. The summed E-state index contributed by atoms with van der Waals surface area (Å²) in [6.07, 6.45) is 4.98. The molecule has 0 spiro atoms. The van der Waals surface area contributed by atoms with Crippen molar-refractivity contribution in [3.8, 4) is 11.5 Å². The number of ether oxygens (including phenoxy) is 1. The van der Waals surface area contributed by atoms with Crippen LogP contribution < -0.4 is 4.74 Å². The summed E-state index contributed by atoms with van der Waals surface area (Å²) < 4.78 is 5.40. The second-order valence-electron chi connectivity index (χ2n) is 4.89. The van der Waals surface area contributed by atoms with Crippen LogP contribution in [0, 0.1) is 0 Å². The zero-order valence-corrected chi connectivity index (χ0v) is 11.2. The summed E-state index contributed by atoms with van der Waals surface area (Å²) in [5.74, 6) is 0.948. The first-order valence-electron chi connectivity index (χ1n) is 6.86. The summed E-state index contributed by atoms with van der Waals surface area (Å²) in [5.41, 5.74) is 0.678. The van der Waals surface area contributed by atoms with Crippen LogP contribution in [0.15, 0.2) is 23.2 Å². The van der Waals surface area contributed by atoms with Crippen molar-refractivity contribution in [3.05, 3.63) is 23.8 Å². The van der Waals surface area contributed by atoms with Crippen LogP contribution in [0.3, 0.4) is 0 Å². The SMILES string of the molecule is CCOc1ccc(O)c(C=NC2CCC(O)CC2)c1. The molecule has 1 fully saturated rings. The molecule has 4 nitrogen and oxygen atoms in total. The summed E-state index contributed by atoms with van der Waals surface area (Å²) in [6, 6.07) is 5.41. The molecule has 4 heteroatoms. The van der Waals surface area contributed by atoms with Crippen LogP contribution in [0.25, 0.3) is 0 Å². The standard InChI is InChI=1S/C15H21NO3/c1-2-19-14-7-8-15(18)11(9-14)10-16-12-3-5-13(17)6-4-12/h7-10,12-13,17-18H,2-6H2,1H3. The van der Waals surface area contributed by atoms with E-state index in [0.29, 0.717) is 12.2 Å². The molecule has 0 heterocycles. The highest BCUT2D eigenvalue weighted by atomic mass is 16.5. The molecule has 104 valence electrons. The van der Waals surface area contributed by atoms with E-state index in [1.54, 1.807) is 24.4 Å². The third kappa shape index (κ3) is 3.96. The lowest BCUT2D eigenvalue weighted by molar-refractivity contribution is 0.123. The summed E-state index contributed by atoms with van der Waals surface area (Å²) in [6.45, 7) is 2.52. The zero-order valence-electron chi connectivity index (χ0n) is 11.2. The average Bonchev–Trinajstić information content (AvgIpc) is 2.41. The van der Waals surface area contributed by atoms with Crippen molar-refractivity contribution in [1.29, 1.82) is 0 Å². The molecule has 1 aromatic carbocycles. The molecule has 19 heavy (non-hydrogen) atoms. The Labute approximate surface area is 113 Å². The molecule has 0 aromatic heterocycles. The van der Waals surface area contributed by atoms with Gasteiger partial charge in [-0.2, -0.15) is 0 Å². The summed E-state index contributed by atoms with van der Waals surface area (Å²) in [5, 5.41) is 19.2. The van der Waals surface area contributed by atoms with E-state index in [1.165, 1.54) is 0 Å². The highest BCUT2D eigenvalue weighted by molar-refractivity contribution is 5.84. The highest BCUT2D eigenvalue weighted by Crippen LogP contribution is 2.24. The van der Waals surface area contributed by atoms with Gasteiger partial charge in [-0.1, -0.05) is 0 Å². The topological polar surface area (TPSA) is 62.0 Å². The number of hydrogen-bond acceptors (Lipinski definition) is 4. The van der Waals surface area contributed by atoms with E-state index in [0.717, 1.165) is 31.4 Å². The van der Waals surface area contributed by atoms with Gasteiger partial charge in [0.15, 0.2) is 0 Å². The number of rotatable bonds is 4. The van der Waals surface area contributed by atoms with E-state index in [1.807, 2.05) is 6.92 Å². The first-order valence-corrected chi connectivity index (χ1v) is 6.86. The Kier molecular flexibility index (Phi) is 4.80. The molecular weight excluding hydrogens is 242 g/mol. The third-order valence-corrected chi connectivity index (χ3v) is 3.40. The minimum atomic E-state index is -0.166. The van der Waals surface area contributed by atoms with Crippen LogP contribution in [0.2, 0.25) is 0 Å². The monoisotopic (exact) mass is 263 g/mol. The molecule has 1 saturated carbocycles. The molecule has 0 amide bonds. The van der Waals surface area contributed by atoms with E-state index >= 15 is 0 Å². The molecule has 0 bridgehead atoms. The fourth-order valence-corrected chi connectivity index (χ4v) is 2.29. The van der Waals surface area contributed by atoms with Gasteiger partial charge in [0.25, 0.3) is 0 Å². The Morgan fingerprint density at radius 1 is 1.32 bits per heavy atom. The van der Waals surface area contributed by atoms with Gasteiger partial charge in [0.2, 0.25) is 0 Å². The van der Waals surface area contributed by atoms with Crippen LogP contribution in [0.1, 0.15) is 38.2 Å². The number of hydrogen-bond donors (Lipinski definition) is 2. The number of benzene rings is 1. The normalized spacial score (nSPS) is 23.7. The van der Waals surface area contributed by atoms with Gasteiger partial charge in [0.1, 0.15) is 11.5 Å². The number of phenolic OH excluding ortho intramolecular Hbond substituents is 1. The second-order valence-corrected chi connectivity index (χ2v) is 4.89. The first kappa shape index (κ1) is 13.9. The quantitative estimate of drug-likeness (QED) is 0.820. The molecule has 0 unspecified atom stereocenters. The maximum Gasteiger partial charge on any atom is 0.124 e. The average molecular weight is 263 g/mol. The smallest absolute Gasteiger partial charge is 0.124 e. The van der Waals surface area contributed by atoms with Crippen LogP contribution in [0.4, 0.5) is 0 Å². The van der Waals surface area contributed by atoms with Crippen molar-refractivity contribution in [2.24, 2.45) is 4.99 Å². The predicted octanol–water partition coefficient (Wildman–Crippen LogP) is 2.51. The lowest BCUT2D eigenvalue weighted by Crippen LogP contribution is -2.20. The van der Waals surface area contributed by atoms with E-state index in [2.05, 4.69) is 4.99 Å². The Morgan fingerprint density at radius 2 is 2.05 bits per heavy atom. The minimum absolute atomic E-state index is 0.166. The molecule has 0 aliphatic heterocycles. The van der Waals surface area contributed by atoms with E-state index in [-0.39, 0.29) is 17.9 Å². The van der Waals surface area contributed by atoms with E-state index in [9.17, 15) is 10.2 Å². The molecule has 0 radical (unpaired) electrons. The fraction of sp³-hybridized carbons (Fsp3) is 0.533. The fourth-order valence-electron chi connectivity index (χ4n) is 2.29. The van der Waals surface area contributed by atoms with Crippen molar-refractivity contribution in [3.63, 3.8) is 0 Å². The molecule has 1 aromatic rings. The summed E-state index contributed by atoms with van der Waals surface area (Å²) in [4.78, 5) is 4.50. The van der Waals surface area contributed by atoms with Crippen molar-refractivity contribution < 1.29 is 14.9 Å². The van der Waals surface area contributed by atoms with Gasteiger partial charge < -0.3 is 14.9 Å². The number of aliphatic imine (C=N–C) groups is 1. The van der Waals surface area contributed by atoms with Crippen LogP contribution in [-0.4, -0.2) is 35.2 Å². The maximum atomic E-state index is 9.79. The number of aliphatic hydroxyl groups is 1. The highest BCUT2D eigenvalue weighted by Gasteiger charge is 2.17. The van der Waals surface area contributed by atoms with Crippen molar-refractivity contribution in [2.75, 3.05) is 6.61 Å². The van der Waals surface area contributed by atoms with Gasteiger partial charge in [-0.15, -0.1) is 0 Å². The number of phenols is 1. The van der Waals surface area contributed by atoms with Crippen molar-refractivity contribution >= 4 is 6.21 Å². The number of aliphatic hydroxyl groups excluding tert-OH is 1. The van der Waals surface area contributed by atoms with Gasteiger partial charge >= 0.3 is 0 Å². The lowest BCUT2D eigenvalue weighted by atomic mass is 9.93. The Balaban J connectivity index is 2.03. The number of nitrogens with zero attached hydrogens (tertiary/aromatic N) is 1. The van der Waals surface area contributed by atoms with Crippen molar-refractivity contribution in [2.45, 2.75) is 44.8 Å². The first-order chi connectivity index (χ1) is 9.19. The van der Waals surface area contributed by atoms with Crippen molar-refractivity contribution in [1.82, 2.24) is 0 Å². The molecule has 0 saturated heterocycles. The zero-order chi connectivity index (χ0) is 13.7. The molecule has 1 aliphatic carbocycles. The third-order valence-electron chi connectivity index (χ3n) is 3.40. The molecule has 2 N–H and O–H groups in total.